The highest BCUT2D eigenvalue weighted by atomic mass is 19.4. The summed E-state index contributed by atoms with van der Waals surface area (Å²) in [7, 11) is 1.58. The number of aliphatic hydroxyl groups excluding tert-OH is 1. The lowest BCUT2D eigenvalue weighted by Gasteiger charge is -2.37. The molecule has 0 radical (unpaired) electrons. The lowest BCUT2D eigenvalue weighted by molar-refractivity contribution is -0.197. The summed E-state index contributed by atoms with van der Waals surface area (Å²) in [5.74, 6) is -1.44. The van der Waals surface area contributed by atoms with Gasteiger partial charge in [0.1, 0.15) is 41.2 Å². The van der Waals surface area contributed by atoms with Crippen LogP contribution in [0.5, 0.6) is 5.75 Å². The average Bonchev–Trinajstić information content (AvgIpc) is 3.59. The first-order valence-electron chi connectivity index (χ1n) is 20.9. The van der Waals surface area contributed by atoms with Gasteiger partial charge in [-0.1, -0.05) is 118 Å². The third-order valence-electron chi connectivity index (χ3n) is 11.7. The molecular weight excluding hydrogens is 774 g/mol. The van der Waals surface area contributed by atoms with E-state index in [1.807, 2.05) is 48.6 Å². The number of nitriles is 3. The van der Waals surface area contributed by atoms with Gasteiger partial charge in [-0.25, -0.2) is 0 Å². The second-order valence-corrected chi connectivity index (χ2v) is 16.5. The van der Waals surface area contributed by atoms with Gasteiger partial charge in [-0.2, -0.15) is 29.0 Å². The van der Waals surface area contributed by atoms with Crippen LogP contribution in [0, 0.1) is 51.2 Å². The zero-order valence-corrected chi connectivity index (χ0v) is 35.5. The Morgan fingerprint density at radius 1 is 0.902 bits per heavy atom. The Labute approximate surface area is 359 Å². The summed E-state index contributed by atoms with van der Waals surface area (Å²) in [6.07, 6.45) is 8.22. The van der Waals surface area contributed by atoms with Crippen molar-refractivity contribution in [1.82, 2.24) is 0 Å². The predicted octanol–water partition coefficient (Wildman–Crippen LogP) is 11.9. The minimum absolute atomic E-state index is 0.0329. The zero-order valence-electron chi connectivity index (χ0n) is 35.5. The molecule has 3 aromatic carbocycles. The number of allylic oxidation sites excluding steroid dienone is 8. The van der Waals surface area contributed by atoms with Crippen molar-refractivity contribution in [2.24, 2.45) is 17.3 Å². The Bertz CT molecular complexity index is 2240. The van der Waals surface area contributed by atoms with Crippen LogP contribution in [0.1, 0.15) is 82.4 Å². The van der Waals surface area contributed by atoms with E-state index in [2.05, 4.69) is 43.9 Å². The normalized spacial score (nSPS) is 20.7. The molecule has 0 heterocycles. The van der Waals surface area contributed by atoms with Gasteiger partial charge in [-0.3, -0.25) is 0 Å². The first-order chi connectivity index (χ1) is 29.4. The van der Waals surface area contributed by atoms with E-state index in [1.165, 1.54) is 30.3 Å². The van der Waals surface area contributed by atoms with Gasteiger partial charge in [-0.15, -0.1) is 0 Å². The van der Waals surface area contributed by atoms with Crippen LogP contribution >= 0.6 is 0 Å². The molecule has 2 aliphatic carbocycles. The highest BCUT2D eigenvalue weighted by Crippen LogP contribution is 2.60. The molecule has 61 heavy (non-hydrogen) atoms. The van der Waals surface area contributed by atoms with Crippen molar-refractivity contribution in [2.75, 3.05) is 31.7 Å². The summed E-state index contributed by atoms with van der Waals surface area (Å²) in [4.78, 5) is 2.34. The number of nitrogens with zero attached hydrogens (tertiary/aromatic N) is 4. The number of halogens is 3. The van der Waals surface area contributed by atoms with Crippen molar-refractivity contribution >= 4 is 11.8 Å². The molecule has 0 aromatic heterocycles. The highest BCUT2D eigenvalue weighted by Gasteiger charge is 2.66. The number of hydrogen-bond donors (Lipinski definition) is 1. The van der Waals surface area contributed by atoms with Crippen molar-refractivity contribution < 1.29 is 27.8 Å². The van der Waals surface area contributed by atoms with Crippen molar-refractivity contribution in [3.8, 4) is 24.0 Å². The Hall–Kier alpha value is -6.02. The topological polar surface area (TPSA) is 113 Å². The monoisotopic (exact) mass is 828 g/mol. The summed E-state index contributed by atoms with van der Waals surface area (Å²) in [5, 5.41) is 39.2. The molecule has 1 saturated carbocycles. The predicted molar refractivity (Wildman–Crippen MR) is 234 cm³/mol. The van der Waals surface area contributed by atoms with Crippen LogP contribution in [0.15, 0.2) is 131 Å². The fourth-order valence-corrected chi connectivity index (χ4v) is 8.68. The van der Waals surface area contributed by atoms with Gasteiger partial charge >= 0.3 is 6.18 Å². The van der Waals surface area contributed by atoms with Gasteiger partial charge in [0.15, 0.2) is 0 Å². The number of methoxy groups -OCH3 is 1. The quantitative estimate of drug-likeness (QED) is 0.106. The van der Waals surface area contributed by atoms with Crippen LogP contribution in [-0.4, -0.2) is 38.1 Å². The molecule has 3 atom stereocenters. The molecule has 5 rings (SSSR count). The molecule has 0 spiro atoms. The van der Waals surface area contributed by atoms with Gasteiger partial charge in [0.2, 0.25) is 0 Å². The second-order valence-electron chi connectivity index (χ2n) is 16.5. The summed E-state index contributed by atoms with van der Waals surface area (Å²) < 4.78 is 59.1. The molecule has 0 saturated heterocycles. The molecule has 1 fully saturated rings. The van der Waals surface area contributed by atoms with E-state index in [-0.39, 0.29) is 23.2 Å². The van der Waals surface area contributed by atoms with E-state index in [4.69, 9.17) is 9.47 Å². The highest BCUT2D eigenvalue weighted by molar-refractivity contribution is 5.66. The molecular formula is C51H55F3N4O3. The van der Waals surface area contributed by atoms with E-state index in [0.717, 1.165) is 66.7 Å². The van der Waals surface area contributed by atoms with E-state index < -0.39 is 35.4 Å². The third-order valence-corrected chi connectivity index (χ3v) is 11.7. The number of anilines is 1. The first-order valence-corrected chi connectivity index (χ1v) is 20.9. The van der Waals surface area contributed by atoms with E-state index in [1.54, 1.807) is 37.5 Å². The van der Waals surface area contributed by atoms with Gasteiger partial charge in [0.05, 0.1) is 19.1 Å². The molecule has 0 aliphatic heterocycles. The first kappa shape index (κ1) is 46.1. The number of benzene rings is 3. The molecule has 1 N–H and O–H groups in total. The molecule has 0 bridgehead atoms. The molecule has 2 aliphatic rings. The lowest BCUT2D eigenvalue weighted by Crippen LogP contribution is -2.46. The molecule has 0 amide bonds. The van der Waals surface area contributed by atoms with Crippen LogP contribution < -0.4 is 9.64 Å². The maximum atomic E-state index is 15.5. The average molecular weight is 829 g/mol. The van der Waals surface area contributed by atoms with Gasteiger partial charge in [0, 0.05) is 42.9 Å². The minimum atomic E-state index is -4.82. The minimum Gasteiger partial charge on any atom is -0.496 e. The second kappa shape index (κ2) is 21.0. The fourth-order valence-electron chi connectivity index (χ4n) is 8.68. The van der Waals surface area contributed by atoms with E-state index >= 15 is 13.2 Å². The number of rotatable bonds is 17. The van der Waals surface area contributed by atoms with Crippen molar-refractivity contribution in [3.63, 3.8) is 0 Å². The maximum absolute atomic E-state index is 15.5. The van der Waals surface area contributed by atoms with Crippen molar-refractivity contribution in [3.05, 3.63) is 148 Å². The van der Waals surface area contributed by atoms with Crippen LogP contribution in [0.3, 0.4) is 0 Å². The fraction of sp³-hybridized carbons (Fsp3) is 0.392. The van der Waals surface area contributed by atoms with Crippen LogP contribution in [0.25, 0.3) is 6.08 Å². The SMILES string of the molecule is CCCCN(CCCCO)c1ccc(/C=C/C2=C(OC)C(=C/C=C/C3C(C#N)C(=C(C#N)C#N)CC3(c3ccccc3)C(F)(F)F)/CC(C)(C)C2)c(OCc2ccccc2)c1. The summed E-state index contributed by atoms with van der Waals surface area (Å²) in [6, 6.07) is 29.2. The van der Waals surface area contributed by atoms with Crippen molar-refractivity contribution in [1.29, 1.82) is 15.8 Å². The number of hydrogen-bond acceptors (Lipinski definition) is 7. The summed E-state index contributed by atoms with van der Waals surface area (Å²) in [6.45, 7) is 8.66. The summed E-state index contributed by atoms with van der Waals surface area (Å²) >= 11 is 0. The van der Waals surface area contributed by atoms with Crippen LogP contribution in [0.2, 0.25) is 0 Å². The molecule has 10 heteroatoms. The smallest absolute Gasteiger partial charge is 0.399 e. The molecule has 3 unspecified atom stereocenters. The number of unbranched alkanes of at least 4 members (excludes halogenated alkanes) is 2. The zero-order chi connectivity index (χ0) is 44.0. The molecule has 3 aromatic rings. The van der Waals surface area contributed by atoms with Gasteiger partial charge in [-0.05, 0) is 83.9 Å². The summed E-state index contributed by atoms with van der Waals surface area (Å²) in [5.41, 5.74) is 1.27. The van der Waals surface area contributed by atoms with E-state index in [0.29, 0.717) is 31.0 Å². The third kappa shape index (κ3) is 10.8. The maximum Gasteiger partial charge on any atom is 0.399 e. The Balaban J connectivity index is 1.56. The standard InChI is InChI=1S/C51H55F3N4O3/c1-5-6-26-58(27-13-14-28-59)43-25-24-38(47(29-43)61-36-37-16-9-7-10-17-37)22-23-40-31-49(2,3)30-39(48(40)60-4)18-15-21-46-45(35-57)44(41(33-55)34-56)32-50(46,51(52,53)54)42-19-11-8-12-20-42/h7-12,15-25,29,45-46,59H,5-6,13-14,26-28,30-32,36H2,1-4H3/b21-15+,23-22+,39-18+. The number of aliphatic hydroxyl groups is 1. The van der Waals surface area contributed by atoms with E-state index in [9.17, 15) is 20.9 Å². The van der Waals surface area contributed by atoms with Gasteiger partial charge < -0.3 is 19.5 Å². The lowest BCUT2D eigenvalue weighted by atomic mass is 9.69. The van der Waals surface area contributed by atoms with Crippen LogP contribution in [0.4, 0.5) is 18.9 Å². The molecule has 318 valence electrons. The van der Waals surface area contributed by atoms with Crippen molar-refractivity contribution in [2.45, 2.75) is 83.9 Å². The van der Waals surface area contributed by atoms with Crippen LogP contribution in [-0.2, 0) is 16.8 Å². The Kier molecular flexibility index (Phi) is 15.8. The largest absolute Gasteiger partial charge is 0.496 e. The van der Waals surface area contributed by atoms with Gasteiger partial charge in [0.25, 0.3) is 0 Å². The number of ether oxygens (including phenoxy) is 2. The Morgan fingerprint density at radius 3 is 2.21 bits per heavy atom. The number of alkyl halides is 3. The Morgan fingerprint density at radius 2 is 1.59 bits per heavy atom. The molecule has 7 nitrogen and oxygen atoms in total.